The summed E-state index contributed by atoms with van der Waals surface area (Å²) in [6, 6.07) is 4.29. The van der Waals surface area contributed by atoms with E-state index in [0.29, 0.717) is 16.9 Å². The molecule has 17 heavy (non-hydrogen) atoms. The lowest BCUT2D eigenvalue weighted by Gasteiger charge is -2.00. The molecule has 1 heterocycles. The van der Waals surface area contributed by atoms with Gasteiger partial charge >= 0.3 is 0 Å². The number of amides is 1. The largest absolute Gasteiger partial charge is 0.375 e. The number of fused-ring (bicyclic) bond motifs is 1. The fraction of sp³-hybridized carbons (Fsp3) is 0.273. The lowest BCUT2D eigenvalue weighted by atomic mass is 10.3. The number of carbonyl (C=O) groups is 1. The number of imidazole rings is 1. The Kier molecular flexibility index (Phi) is 3.34. The molecule has 1 amide bonds. The lowest BCUT2D eigenvalue weighted by Crippen LogP contribution is -2.26. The van der Waals surface area contributed by atoms with Gasteiger partial charge in [0.15, 0.2) is 0 Å². The average Bonchev–Trinajstić information content (AvgIpc) is 2.68. The number of rotatable bonds is 4. The Balaban J connectivity index is 2.07. The number of nitrogens with zero attached hydrogens (tertiary/aromatic N) is 1. The van der Waals surface area contributed by atoms with Gasteiger partial charge in [-0.15, -0.1) is 0 Å². The standard InChI is InChI=1S/C11H12FN3O2/c1-17-6-11(16)13-5-10-14-8-3-2-7(12)4-9(8)15-10/h2-4H,5-6H2,1H3,(H,13,16)(H,14,15). The van der Waals surface area contributed by atoms with Crippen molar-refractivity contribution in [1.82, 2.24) is 15.3 Å². The molecule has 0 radical (unpaired) electrons. The summed E-state index contributed by atoms with van der Waals surface area (Å²) in [5.41, 5.74) is 1.28. The SMILES string of the molecule is COCC(=O)NCc1nc2ccc(F)cc2[nH]1. The third-order valence-corrected chi connectivity index (χ3v) is 2.22. The van der Waals surface area contributed by atoms with Gasteiger partial charge in [0, 0.05) is 7.11 Å². The van der Waals surface area contributed by atoms with Crippen molar-refractivity contribution in [2.75, 3.05) is 13.7 Å². The zero-order valence-electron chi connectivity index (χ0n) is 9.29. The number of ether oxygens (including phenoxy) is 1. The number of aromatic amines is 1. The summed E-state index contributed by atoms with van der Waals surface area (Å²) in [6.45, 7) is 0.271. The van der Waals surface area contributed by atoms with E-state index in [9.17, 15) is 9.18 Å². The van der Waals surface area contributed by atoms with Gasteiger partial charge in [0.25, 0.3) is 0 Å². The van der Waals surface area contributed by atoms with E-state index in [0.717, 1.165) is 0 Å². The van der Waals surface area contributed by atoms with Gasteiger partial charge in [-0.1, -0.05) is 0 Å². The first-order valence-corrected chi connectivity index (χ1v) is 5.09. The number of aromatic nitrogens is 2. The number of carbonyl (C=O) groups excluding carboxylic acids is 1. The number of methoxy groups -OCH3 is 1. The van der Waals surface area contributed by atoms with Crippen molar-refractivity contribution in [2.45, 2.75) is 6.54 Å². The molecule has 6 heteroatoms. The van der Waals surface area contributed by atoms with Gasteiger partial charge in [-0.3, -0.25) is 4.79 Å². The maximum absolute atomic E-state index is 12.9. The van der Waals surface area contributed by atoms with Gasteiger partial charge in [-0.25, -0.2) is 9.37 Å². The molecule has 5 nitrogen and oxygen atoms in total. The summed E-state index contributed by atoms with van der Waals surface area (Å²) in [5.74, 6) is 0.0327. The second-order valence-corrected chi connectivity index (χ2v) is 3.55. The van der Waals surface area contributed by atoms with E-state index in [1.165, 1.54) is 19.2 Å². The topological polar surface area (TPSA) is 67.0 Å². The van der Waals surface area contributed by atoms with E-state index in [4.69, 9.17) is 0 Å². The van der Waals surface area contributed by atoms with Crippen LogP contribution in [-0.4, -0.2) is 29.6 Å². The zero-order chi connectivity index (χ0) is 12.3. The van der Waals surface area contributed by atoms with Crippen molar-refractivity contribution in [3.05, 3.63) is 29.8 Å². The summed E-state index contributed by atoms with van der Waals surface area (Å²) in [7, 11) is 1.45. The van der Waals surface area contributed by atoms with Gasteiger partial charge in [-0.2, -0.15) is 0 Å². The molecule has 0 saturated carbocycles. The Morgan fingerprint density at radius 1 is 1.59 bits per heavy atom. The number of hydrogen-bond acceptors (Lipinski definition) is 3. The van der Waals surface area contributed by atoms with Crippen molar-refractivity contribution in [1.29, 1.82) is 0 Å². The number of H-pyrrole nitrogens is 1. The van der Waals surface area contributed by atoms with Crippen LogP contribution < -0.4 is 5.32 Å². The Labute approximate surface area is 97.0 Å². The van der Waals surface area contributed by atoms with E-state index in [2.05, 4.69) is 20.0 Å². The maximum atomic E-state index is 12.9. The molecule has 2 aromatic rings. The molecule has 0 atom stereocenters. The van der Waals surface area contributed by atoms with E-state index in [1.54, 1.807) is 6.07 Å². The van der Waals surface area contributed by atoms with Crippen LogP contribution in [0.4, 0.5) is 4.39 Å². The molecule has 0 spiro atoms. The number of halogens is 1. The van der Waals surface area contributed by atoms with Gasteiger partial charge in [0.05, 0.1) is 17.6 Å². The highest BCUT2D eigenvalue weighted by atomic mass is 19.1. The molecule has 0 aliphatic rings. The monoisotopic (exact) mass is 237 g/mol. The van der Waals surface area contributed by atoms with Crippen LogP contribution in [0.25, 0.3) is 11.0 Å². The molecular weight excluding hydrogens is 225 g/mol. The Hall–Kier alpha value is -1.95. The highest BCUT2D eigenvalue weighted by Gasteiger charge is 2.05. The fourth-order valence-electron chi connectivity index (χ4n) is 1.48. The Bertz CT molecular complexity index is 538. The predicted molar refractivity (Wildman–Crippen MR) is 59.8 cm³/mol. The zero-order valence-corrected chi connectivity index (χ0v) is 9.29. The Morgan fingerprint density at radius 3 is 3.18 bits per heavy atom. The second kappa shape index (κ2) is 4.92. The molecule has 0 bridgehead atoms. The molecule has 0 aliphatic heterocycles. The number of nitrogens with one attached hydrogen (secondary N) is 2. The normalized spacial score (nSPS) is 10.7. The molecule has 0 fully saturated rings. The van der Waals surface area contributed by atoms with Crippen LogP contribution in [0.15, 0.2) is 18.2 Å². The van der Waals surface area contributed by atoms with Crippen molar-refractivity contribution < 1.29 is 13.9 Å². The summed E-state index contributed by atoms with van der Waals surface area (Å²) in [4.78, 5) is 18.3. The summed E-state index contributed by atoms with van der Waals surface area (Å²) in [6.07, 6.45) is 0. The molecule has 1 aromatic heterocycles. The summed E-state index contributed by atoms with van der Waals surface area (Å²) in [5, 5.41) is 2.62. The van der Waals surface area contributed by atoms with E-state index < -0.39 is 0 Å². The first-order chi connectivity index (χ1) is 8.19. The fourth-order valence-corrected chi connectivity index (χ4v) is 1.48. The minimum absolute atomic E-state index is 0.00879. The first kappa shape index (κ1) is 11.5. The van der Waals surface area contributed by atoms with Crippen LogP contribution in [0.2, 0.25) is 0 Å². The maximum Gasteiger partial charge on any atom is 0.246 e. The van der Waals surface area contributed by atoms with Crippen molar-refractivity contribution in [3.63, 3.8) is 0 Å². The molecule has 0 aliphatic carbocycles. The second-order valence-electron chi connectivity index (χ2n) is 3.55. The average molecular weight is 237 g/mol. The van der Waals surface area contributed by atoms with Crippen molar-refractivity contribution in [3.8, 4) is 0 Å². The van der Waals surface area contributed by atoms with Crippen LogP contribution >= 0.6 is 0 Å². The van der Waals surface area contributed by atoms with Crippen molar-refractivity contribution >= 4 is 16.9 Å². The summed E-state index contributed by atoms with van der Waals surface area (Å²) >= 11 is 0. The van der Waals surface area contributed by atoms with Gasteiger partial charge < -0.3 is 15.0 Å². The highest BCUT2D eigenvalue weighted by Crippen LogP contribution is 2.12. The number of benzene rings is 1. The molecule has 90 valence electrons. The molecular formula is C11H12FN3O2. The quantitative estimate of drug-likeness (QED) is 0.832. The molecule has 1 aromatic carbocycles. The van der Waals surface area contributed by atoms with Gasteiger partial charge in [-0.05, 0) is 18.2 Å². The van der Waals surface area contributed by atoms with E-state index in [-0.39, 0.29) is 24.9 Å². The lowest BCUT2D eigenvalue weighted by molar-refractivity contribution is -0.124. The highest BCUT2D eigenvalue weighted by molar-refractivity contribution is 5.77. The Morgan fingerprint density at radius 2 is 2.41 bits per heavy atom. The van der Waals surface area contributed by atoms with Gasteiger partial charge in [0.2, 0.25) is 5.91 Å². The minimum Gasteiger partial charge on any atom is -0.375 e. The predicted octanol–water partition coefficient (Wildman–Crippen LogP) is 0.965. The molecule has 0 unspecified atom stereocenters. The van der Waals surface area contributed by atoms with Crippen LogP contribution in [0.3, 0.4) is 0 Å². The van der Waals surface area contributed by atoms with Crippen LogP contribution in [0.5, 0.6) is 0 Å². The van der Waals surface area contributed by atoms with Crippen molar-refractivity contribution in [2.24, 2.45) is 0 Å². The van der Waals surface area contributed by atoms with Crippen LogP contribution in [0.1, 0.15) is 5.82 Å². The smallest absolute Gasteiger partial charge is 0.246 e. The summed E-state index contributed by atoms with van der Waals surface area (Å²) < 4.78 is 17.6. The number of hydrogen-bond donors (Lipinski definition) is 2. The van der Waals surface area contributed by atoms with E-state index >= 15 is 0 Å². The molecule has 0 saturated heterocycles. The van der Waals surface area contributed by atoms with E-state index in [1.807, 2.05) is 0 Å². The molecule has 2 rings (SSSR count). The third kappa shape index (κ3) is 2.79. The van der Waals surface area contributed by atoms with Crippen LogP contribution in [0, 0.1) is 5.82 Å². The van der Waals surface area contributed by atoms with Gasteiger partial charge in [0.1, 0.15) is 18.2 Å². The third-order valence-electron chi connectivity index (χ3n) is 2.22. The van der Waals surface area contributed by atoms with Crippen LogP contribution in [-0.2, 0) is 16.1 Å². The molecule has 2 N–H and O–H groups in total. The minimum atomic E-state index is -0.323. The first-order valence-electron chi connectivity index (χ1n) is 5.09.